The maximum absolute atomic E-state index is 9.43. The highest BCUT2D eigenvalue weighted by molar-refractivity contribution is 5.26. The first-order valence-electron chi connectivity index (χ1n) is 4.52. The molecule has 1 aromatic carbocycles. The molecule has 1 fully saturated rings. The van der Waals surface area contributed by atoms with E-state index in [2.05, 4.69) is 31.2 Å². The van der Waals surface area contributed by atoms with E-state index in [1.54, 1.807) is 0 Å². The molecule has 0 bridgehead atoms. The molecule has 1 nitrogen and oxygen atoms in total. The number of benzene rings is 1. The van der Waals surface area contributed by atoms with Crippen molar-refractivity contribution in [2.75, 3.05) is 0 Å². The maximum Gasteiger partial charge on any atom is 0.0609 e. The van der Waals surface area contributed by atoms with Crippen molar-refractivity contribution < 1.29 is 5.11 Å². The van der Waals surface area contributed by atoms with Crippen LogP contribution in [0.2, 0.25) is 0 Å². The Hall–Kier alpha value is -0.820. The van der Waals surface area contributed by atoms with Gasteiger partial charge in [-0.3, -0.25) is 0 Å². The molecule has 0 amide bonds. The van der Waals surface area contributed by atoms with Crippen LogP contribution in [0.25, 0.3) is 0 Å². The van der Waals surface area contributed by atoms with Crippen LogP contribution >= 0.6 is 0 Å². The van der Waals surface area contributed by atoms with Crippen molar-refractivity contribution in [2.45, 2.75) is 31.8 Å². The van der Waals surface area contributed by atoms with E-state index in [1.165, 1.54) is 11.1 Å². The van der Waals surface area contributed by atoms with Crippen molar-refractivity contribution in [3.05, 3.63) is 35.4 Å². The zero-order valence-electron chi connectivity index (χ0n) is 7.33. The second-order valence-corrected chi connectivity index (χ2v) is 3.66. The molecular weight excluding hydrogens is 148 g/mol. The minimum absolute atomic E-state index is 0.0901. The summed E-state index contributed by atoms with van der Waals surface area (Å²) >= 11 is 0. The Balaban J connectivity index is 2.18. The van der Waals surface area contributed by atoms with Crippen LogP contribution in [0.4, 0.5) is 0 Å². The van der Waals surface area contributed by atoms with Gasteiger partial charge in [0.2, 0.25) is 0 Å². The van der Waals surface area contributed by atoms with Gasteiger partial charge >= 0.3 is 0 Å². The topological polar surface area (TPSA) is 20.2 Å². The van der Waals surface area contributed by atoms with Gasteiger partial charge in [-0.2, -0.15) is 0 Å². The molecule has 1 aliphatic rings. The minimum atomic E-state index is -0.0901. The molecule has 2 atom stereocenters. The van der Waals surface area contributed by atoms with Crippen LogP contribution in [-0.2, 0) is 0 Å². The molecule has 0 heterocycles. The fourth-order valence-electron chi connectivity index (χ4n) is 1.68. The van der Waals surface area contributed by atoms with E-state index in [9.17, 15) is 5.11 Å². The molecule has 12 heavy (non-hydrogen) atoms. The van der Waals surface area contributed by atoms with Crippen molar-refractivity contribution in [2.24, 2.45) is 0 Å². The van der Waals surface area contributed by atoms with Crippen LogP contribution in [0.1, 0.15) is 29.9 Å². The zero-order chi connectivity index (χ0) is 8.55. The molecule has 64 valence electrons. The molecule has 1 aliphatic carbocycles. The fraction of sp³-hybridized carbons (Fsp3) is 0.455. The summed E-state index contributed by atoms with van der Waals surface area (Å²) in [4.78, 5) is 0. The Morgan fingerprint density at radius 2 is 1.83 bits per heavy atom. The summed E-state index contributed by atoms with van der Waals surface area (Å²) in [7, 11) is 0. The smallest absolute Gasteiger partial charge is 0.0609 e. The number of rotatable bonds is 1. The van der Waals surface area contributed by atoms with Crippen LogP contribution in [0.5, 0.6) is 0 Å². The quantitative estimate of drug-likeness (QED) is 0.671. The van der Waals surface area contributed by atoms with Crippen LogP contribution < -0.4 is 0 Å². The van der Waals surface area contributed by atoms with Gasteiger partial charge in [0, 0.05) is 5.92 Å². The average molecular weight is 162 g/mol. The molecule has 1 aromatic rings. The van der Waals surface area contributed by atoms with E-state index in [4.69, 9.17) is 0 Å². The normalized spacial score (nSPS) is 28.2. The highest BCUT2D eigenvalue weighted by Gasteiger charge is 2.29. The third-order valence-corrected chi connectivity index (χ3v) is 2.74. The Labute approximate surface area is 73.0 Å². The number of hydrogen-bond donors (Lipinski definition) is 1. The Bertz CT molecular complexity index is 263. The number of aliphatic hydroxyl groups is 1. The van der Waals surface area contributed by atoms with E-state index in [0.29, 0.717) is 5.92 Å². The molecule has 0 radical (unpaired) electrons. The van der Waals surface area contributed by atoms with Crippen molar-refractivity contribution in [3.63, 3.8) is 0 Å². The number of aliphatic hydroxyl groups excluding tert-OH is 1. The van der Waals surface area contributed by atoms with E-state index < -0.39 is 0 Å². The Morgan fingerprint density at radius 1 is 1.17 bits per heavy atom. The average Bonchev–Trinajstić information content (AvgIpc) is 2.06. The fourth-order valence-corrected chi connectivity index (χ4v) is 1.68. The number of aryl methyl sites for hydroxylation is 1. The second-order valence-electron chi connectivity index (χ2n) is 3.66. The largest absolute Gasteiger partial charge is 0.392 e. The SMILES string of the molecule is Cc1ccc(C2CCC2O)cc1. The molecule has 1 N–H and O–H groups in total. The lowest BCUT2D eigenvalue weighted by Crippen LogP contribution is -2.28. The van der Waals surface area contributed by atoms with Crippen molar-refractivity contribution in [1.82, 2.24) is 0 Å². The lowest BCUT2D eigenvalue weighted by atomic mass is 9.77. The molecule has 1 saturated carbocycles. The van der Waals surface area contributed by atoms with Crippen molar-refractivity contribution in [3.8, 4) is 0 Å². The lowest BCUT2D eigenvalue weighted by molar-refractivity contribution is 0.0661. The molecule has 1 heteroatoms. The van der Waals surface area contributed by atoms with Gasteiger partial charge in [0.05, 0.1) is 6.10 Å². The standard InChI is InChI=1S/C11H14O/c1-8-2-4-9(5-3-8)10-6-7-11(10)12/h2-5,10-12H,6-7H2,1H3. The van der Waals surface area contributed by atoms with Gasteiger partial charge in [0.25, 0.3) is 0 Å². The molecule has 0 aliphatic heterocycles. The van der Waals surface area contributed by atoms with Crippen molar-refractivity contribution >= 4 is 0 Å². The summed E-state index contributed by atoms with van der Waals surface area (Å²) in [5.41, 5.74) is 2.58. The molecule has 0 aromatic heterocycles. The van der Waals surface area contributed by atoms with E-state index >= 15 is 0 Å². The first kappa shape index (κ1) is 7.81. The summed E-state index contributed by atoms with van der Waals surface area (Å²) in [6, 6.07) is 8.48. The summed E-state index contributed by atoms with van der Waals surface area (Å²) in [5, 5.41) is 9.43. The van der Waals surface area contributed by atoms with Gasteiger partial charge in [-0.25, -0.2) is 0 Å². The van der Waals surface area contributed by atoms with Gasteiger partial charge in [0.1, 0.15) is 0 Å². The highest BCUT2D eigenvalue weighted by Crippen LogP contribution is 2.36. The minimum Gasteiger partial charge on any atom is -0.392 e. The predicted molar refractivity (Wildman–Crippen MR) is 49.2 cm³/mol. The van der Waals surface area contributed by atoms with E-state index in [0.717, 1.165) is 12.8 Å². The third kappa shape index (κ3) is 1.25. The molecule has 0 spiro atoms. The van der Waals surface area contributed by atoms with Gasteiger partial charge in [-0.15, -0.1) is 0 Å². The third-order valence-electron chi connectivity index (χ3n) is 2.74. The summed E-state index contributed by atoms with van der Waals surface area (Å²) < 4.78 is 0. The Kier molecular flexibility index (Phi) is 1.89. The summed E-state index contributed by atoms with van der Waals surface area (Å²) in [6.45, 7) is 2.08. The Morgan fingerprint density at radius 3 is 2.25 bits per heavy atom. The van der Waals surface area contributed by atoms with Crippen molar-refractivity contribution in [1.29, 1.82) is 0 Å². The molecular formula is C11H14O. The van der Waals surface area contributed by atoms with E-state index in [1.807, 2.05) is 0 Å². The van der Waals surface area contributed by atoms with Gasteiger partial charge in [0.15, 0.2) is 0 Å². The highest BCUT2D eigenvalue weighted by atomic mass is 16.3. The molecule has 2 unspecified atom stereocenters. The molecule has 2 rings (SSSR count). The zero-order valence-corrected chi connectivity index (χ0v) is 7.33. The van der Waals surface area contributed by atoms with Gasteiger partial charge in [-0.05, 0) is 25.3 Å². The second kappa shape index (κ2) is 2.91. The monoisotopic (exact) mass is 162 g/mol. The van der Waals surface area contributed by atoms with Crippen LogP contribution in [0, 0.1) is 6.92 Å². The maximum atomic E-state index is 9.43. The van der Waals surface area contributed by atoms with Gasteiger partial charge < -0.3 is 5.11 Å². The van der Waals surface area contributed by atoms with Crippen LogP contribution in [-0.4, -0.2) is 11.2 Å². The molecule has 0 saturated heterocycles. The summed E-state index contributed by atoms with van der Waals surface area (Å²) in [6.07, 6.45) is 2.02. The first-order valence-corrected chi connectivity index (χ1v) is 4.52. The van der Waals surface area contributed by atoms with E-state index in [-0.39, 0.29) is 6.10 Å². The first-order chi connectivity index (χ1) is 5.77. The lowest BCUT2D eigenvalue weighted by Gasteiger charge is -2.32. The van der Waals surface area contributed by atoms with Crippen LogP contribution in [0.3, 0.4) is 0 Å². The predicted octanol–water partition coefficient (Wildman–Crippen LogP) is 2.23. The van der Waals surface area contributed by atoms with Gasteiger partial charge in [-0.1, -0.05) is 29.8 Å². The number of hydrogen-bond acceptors (Lipinski definition) is 1. The summed E-state index contributed by atoms with van der Waals surface area (Å²) in [5.74, 6) is 0.408. The van der Waals surface area contributed by atoms with Crippen LogP contribution in [0.15, 0.2) is 24.3 Å².